The summed E-state index contributed by atoms with van der Waals surface area (Å²) < 4.78 is 5.37. The number of ether oxygens (including phenoxy) is 1. The lowest BCUT2D eigenvalue weighted by Crippen LogP contribution is -2.41. The molecule has 1 saturated heterocycles. The number of carbonyl (C=O) groups is 2. The van der Waals surface area contributed by atoms with E-state index in [-0.39, 0.29) is 11.8 Å². The van der Waals surface area contributed by atoms with Crippen molar-refractivity contribution in [1.29, 1.82) is 0 Å². The number of para-hydroxylation sites is 2. The van der Waals surface area contributed by atoms with Gasteiger partial charge in [-0.15, -0.1) is 0 Å². The number of aromatic amines is 1. The van der Waals surface area contributed by atoms with Gasteiger partial charge in [-0.2, -0.15) is 5.10 Å². The minimum Gasteiger partial charge on any atom is -0.496 e. The van der Waals surface area contributed by atoms with E-state index in [1.54, 1.807) is 18.2 Å². The van der Waals surface area contributed by atoms with Gasteiger partial charge >= 0.3 is 0 Å². The van der Waals surface area contributed by atoms with Gasteiger partial charge in [-0.05, 0) is 18.6 Å². The van der Waals surface area contributed by atoms with E-state index >= 15 is 0 Å². The summed E-state index contributed by atoms with van der Waals surface area (Å²) in [5, 5.41) is 10.8. The summed E-state index contributed by atoms with van der Waals surface area (Å²) in [5.74, 6) is 0.484. The Bertz CT molecular complexity index is 998. The third-order valence-corrected chi connectivity index (χ3v) is 4.90. The summed E-state index contributed by atoms with van der Waals surface area (Å²) in [7, 11) is 1.60. The first-order valence-electron chi connectivity index (χ1n) is 8.81. The molecule has 7 nitrogen and oxygen atoms in total. The van der Waals surface area contributed by atoms with E-state index in [4.69, 9.17) is 4.74 Å². The molecule has 2 N–H and O–H groups in total. The van der Waals surface area contributed by atoms with Crippen LogP contribution < -0.4 is 10.1 Å². The van der Waals surface area contributed by atoms with Crippen molar-refractivity contribution in [2.75, 3.05) is 12.4 Å². The Morgan fingerprint density at radius 3 is 3.00 bits per heavy atom. The Balaban J connectivity index is 1.55. The number of fused-ring (bicyclic) bond motifs is 1. The van der Waals surface area contributed by atoms with Crippen LogP contribution in [0, 0.1) is 0 Å². The number of likely N-dealkylation sites (tertiary alicyclic amines) is 1. The van der Waals surface area contributed by atoms with E-state index in [1.165, 1.54) is 0 Å². The molecule has 0 radical (unpaired) electrons. The lowest BCUT2D eigenvalue weighted by atomic mass is 10.1. The first-order valence-corrected chi connectivity index (χ1v) is 8.81. The molecule has 2 amide bonds. The fourth-order valence-corrected chi connectivity index (χ4v) is 3.51. The number of hydrogen-bond donors (Lipinski definition) is 2. The Morgan fingerprint density at radius 1 is 1.30 bits per heavy atom. The molecule has 138 valence electrons. The standard InChI is InChI=1S/C20H20N4O3/c1-27-17-8-3-2-5-14(17)12-24-16(9-10-18(24)25)20(26)22-15-7-4-6-13-11-21-23-19(13)15/h2-8,11,16H,9-10,12H2,1H3,(H,21,23)(H,22,26). The van der Waals surface area contributed by atoms with Crippen molar-refractivity contribution in [3.8, 4) is 5.75 Å². The predicted molar refractivity (Wildman–Crippen MR) is 101 cm³/mol. The zero-order valence-corrected chi connectivity index (χ0v) is 14.9. The van der Waals surface area contributed by atoms with Gasteiger partial charge in [0.05, 0.1) is 31.1 Å². The van der Waals surface area contributed by atoms with Gasteiger partial charge in [-0.3, -0.25) is 14.7 Å². The SMILES string of the molecule is COc1ccccc1CN1C(=O)CCC1C(=O)Nc1cccc2cn[nH]c12. The molecule has 2 heterocycles. The monoisotopic (exact) mass is 364 g/mol. The molecule has 0 spiro atoms. The number of rotatable bonds is 5. The third kappa shape index (κ3) is 3.23. The number of amides is 2. The topological polar surface area (TPSA) is 87.3 Å². The molecular formula is C20H20N4O3. The molecule has 1 atom stereocenters. The molecule has 2 aromatic carbocycles. The van der Waals surface area contributed by atoms with Gasteiger partial charge in [0.1, 0.15) is 11.8 Å². The zero-order chi connectivity index (χ0) is 18.8. The second kappa shape index (κ2) is 7.11. The number of hydrogen-bond acceptors (Lipinski definition) is 4. The second-order valence-electron chi connectivity index (χ2n) is 6.52. The van der Waals surface area contributed by atoms with Crippen LogP contribution in [0.25, 0.3) is 10.9 Å². The van der Waals surface area contributed by atoms with Gasteiger partial charge in [0.15, 0.2) is 0 Å². The Labute approximate surface area is 156 Å². The molecule has 1 fully saturated rings. The summed E-state index contributed by atoms with van der Waals surface area (Å²) in [5.41, 5.74) is 2.31. The van der Waals surface area contributed by atoms with E-state index in [1.807, 2.05) is 42.5 Å². The maximum atomic E-state index is 12.9. The molecule has 0 saturated carbocycles. The first-order chi connectivity index (χ1) is 13.2. The molecule has 1 aliphatic rings. The van der Waals surface area contributed by atoms with Crippen LogP contribution in [0.4, 0.5) is 5.69 Å². The minimum absolute atomic E-state index is 0.0270. The molecule has 1 aliphatic heterocycles. The molecule has 0 bridgehead atoms. The highest BCUT2D eigenvalue weighted by molar-refractivity contribution is 6.04. The van der Waals surface area contributed by atoms with Gasteiger partial charge in [-0.25, -0.2) is 0 Å². The van der Waals surface area contributed by atoms with Crippen LogP contribution in [0.1, 0.15) is 18.4 Å². The molecule has 1 unspecified atom stereocenters. The van der Waals surface area contributed by atoms with Crippen LogP contribution in [0.3, 0.4) is 0 Å². The molecule has 4 rings (SSSR count). The van der Waals surface area contributed by atoms with Crippen molar-refractivity contribution in [1.82, 2.24) is 15.1 Å². The Morgan fingerprint density at radius 2 is 2.15 bits per heavy atom. The van der Waals surface area contributed by atoms with Crippen LogP contribution >= 0.6 is 0 Å². The van der Waals surface area contributed by atoms with Gasteiger partial charge in [-0.1, -0.05) is 30.3 Å². The zero-order valence-electron chi connectivity index (χ0n) is 14.9. The normalized spacial score (nSPS) is 16.7. The molecule has 1 aromatic heterocycles. The molecular weight excluding hydrogens is 344 g/mol. The van der Waals surface area contributed by atoms with Crippen molar-refractivity contribution < 1.29 is 14.3 Å². The van der Waals surface area contributed by atoms with Crippen LogP contribution in [0.5, 0.6) is 5.75 Å². The fourth-order valence-electron chi connectivity index (χ4n) is 3.51. The maximum Gasteiger partial charge on any atom is 0.247 e. The number of nitrogens with zero attached hydrogens (tertiary/aromatic N) is 2. The van der Waals surface area contributed by atoms with E-state index in [0.717, 1.165) is 16.5 Å². The lowest BCUT2D eigenvalue weighted by Gasteiger charge is -2.25. The van der Waals surface area contributed by atoms with Gasteiger partial charge in [0.2, 0.25) is 11.8 Å². The Hall–Kier alpha value is -3.35. The number of H-pyrrole nitrogens is 1. The summed E-state index contributed by atoms with van der Waals surface area (Å²) in [6.07, 6.45) is 2.57. The fraction of sp³-hybridized carbons (Fsp3) is 0.250. The van der Waals surface area contributed by atoms with Crippen molar-refractivity contribution >= 4 is 28.4 Å². The maximum absolute atomic E-state index is 12.9. The van der Waals surface area contributed by atoms with Gasteiger partial charge < -0.3 is 15.0 Å². The third-order valence-electron chi connectivity index (χ3n) is 4.90. The van der Waals surface area contributed by atoms with E-state index in [0.29, 0.717) is 30.8 Å². The Kier molecular flexibility index (Phi) is 4.50. The smallest absolute Gasteiger partial charge is 0.247 e. The highest BCUT2D eigenvalue weighted by atomic mass is 16.5. The summed E-state index contributed by atoms with van der Waals surface area (Å²) in [4.78, 5) is 26.9. The largest absolute Gasteiger partial charge is 0.496 e. The van der Waals surface area contributed by atoms with E-state index in [2.05, 4.69) is 15.5 Å². The van der Waals surface area contributed by atoms with Crippen molar-refractivity contribution in [3.63, 3.8) is 0 Å². The molecule has 27 heavy (non-hydrogen) atoms. The van der Waals surface area contributed by atoms with E-state index < -0.39 is 6.04 Å². The van der Waals surface area contributed by atoms with Crippen LogP contribution in [-0.4, -0.2) is 40.1 Å². The van der Waals surface area contributed by atoms with Gasteiger partial charge in [0.25, 0.3) is 0 Å². The van der Waals surface area contributed by atoms with Gasteiger partial charge in [0, 0.05) is 17.4 Å². The average Bonchev–Trinajstić information content (AvgIpc) is 3.30. The number of benzene rings is 2. The summed E-state index contributed by atoms with van der Waals surface area (Å²) in [6.45, 7) is 0.342. The highest BCUT2D eigenvalue weighted by Gasteiger charge is 2.36. The van der Waals surface area contributed by atoms with E-state index in [9.17, 15) is 9.59 Å². The first kappa shape index (κ1) is 17.1. The van der Waals surface area contributed by atoms with Crippen LogP contribution in [-0.2, 0) is 16.1 Å². The summed E-state index contributed by atoms with van der Waals surface area (Å²) >= 11 is 0. The quantitative estimate of drug-likeness (QED) is 0.729. The van der Waals surface area contributed by atoms with Crippen molar-refractivity contribution in [2.45, 2.75) is 25.4 Å². The molecule has 0 aliphatic carbocycles. The second-order valence-corrected chi connectivity index (χ2v) is 6.52. The number of anilines is 1. The summed E-state index contributed by atoms with van der Waals surface area (Å²) in [6, 6.07) is 12.6. The van der Waals surface area contributed by atoms with Crippen molar-refractivity contribution in [2.24, 2.45) is 0 Å². The van der Waals surface area contributed by atoms with Crippen LogP contribution in [0.15, 0.2) is 48.7 Å². The lowest BCUT2D eigenvalue weighted by molar-refractivity contribution is -0.133. The average molecular weight is 364 g/mol. The number of aromatic nitrogens is 2. The highest BCUT2D eigenvalue weighted by Crippen LogP contribution is 2.27. The molecule has 7 heteroatoms. The minimum atomic E-state index is -0.513. The predicted octanol–water partition coefficient (Wildman–Crippen LogP) is 2.70. The number of nitrogens with one attached hydrogen (secondary N) is 2. The molecule has 3 aromatic rings. The van der Waals surface area contributed by atoms with Crippen molar-refractivity contribution in [3.05, 3.63) is 54.2 Å². The van der Waals surface area contributed by atoms with Crippen LogP contribution in [0.2, 0.25) is 0 Å². The number of carbonyl (C=O) groups excluding carboxylic acids is 2. The number of methoxy groups -OCH3 is 1.